The van der Waals surface area contributed by atoms with Crippen LogP contribution in [0.5, 0.6) is 0 Å². The molecule has 2 rings (SSSR count). The van der Waals surface area contributed by atoms with Gasteiger partial charge in [-0.1, -0.05) is 0 Å². The van der Waals surface area contributed by atoms with Crippen LogP contribution in [0.3, 0.4) is 0 Å². The van der Waals surface area contributed by atoms with Crippen molar-refractivity contribution in [3.8, 4) is 0 Å². The van der Waals surface area contributed by atoms with Gasteiger partial charge in [-0.25, -0.2) is 8.78 Å². The molecule has 0 radical (unpaired) electrons. The minimum absolute atomic E-state index is 0.128. The maximum atomic E-state index is 13.2. The predicted molar refractivity (Wildman–Crippen MR) is 53.9 cm³/mol. The molecular weight excluding hydrogens is 216 g/mol. The zero-order chi connectivity index (χ0) is 11.5. The van der Waals surface area contributed by atoms with Gasteiger partial charge in [-0.2, -0.15) is 0 Å². The molecule has 1 fully saturated rings. The van der Waals surface area contributed by atoms with Crippen LogP contribution < -0.4 is 5.32 Å². The molecule has 0 aromatic heterocycles. The van der Waals surface area contributed by atoms with E-state index in [9.17, 15) is 13.6 Å². The van der Waals surface area contributed by atoms with Gasteiger partial charge in [-0.15, -0.1) is 0 Å². The number of ether oxygens (including phenoxy) is 1. The van der Waals surface area contributed by atoms with Crippen molar-refractivity contribution in [2.75, 3.05) is 18.5 Å². The molecule has 0 aliphatic carbocycles. The van der Waals surface area contributed by atoms with Crippen LogP contribution in [0.1, 0.15) is 6.42 Å². The van der Waals surface area contributed by atoms with Crippen molar-refractivity contribution in [1.82, 2.24) is 0 Å². The number of rotatable bonds is 2. The molecule has 3 nitrogen and oxygen atoms in total. The highest BCUT2D eigenvalue weighted by molar-refractivity contribution is 5.92. The molecule has 1 aliphatic heterocycles. The van der Waals surface area contributed by atoms with Crippen molar-refractivity contribution in [2.45, 2.75) is 6.42 Å². The van der Waals surface area contributed by atoms with E-state index >= 15 is 0 Å². The number of anilines is 1. The van der Waals surface area contributed by atoms with E-state index in [1.807, 2.05) is 0 Å². The van der Waals surface area contributed by atoms with Crippen LogP contribution in [-0.4, -0.2) is 19.1 Å². The Morgan fingerprint density at radius 1 is 1.44 bits per heavy atom. The largest absolute Gasteiger partial charge is 0.381 e. The normalized spacial score (nSPS) is 19.8. The number of hydrogen-bond donors (Lipinski definition) is 1. The third kappa shape index (κ3) is 2.36. The maximum Gasteiger partial charge on any atom is 0.229 e. The lowest BCUT2D eigenvalue weighted by molar-refractivity contribution is -0.119. The first-order chi connectivity index (χ1) is 7.66. The van der Waals surface area contributed by atoms with Gasteiger partial charge >= 0.3 is 0 Å². The lowest BCUT2D eigenvalue weighted by Gasteiger charge is -2.09. The maximum absolute atomic E-state index is 13.2. The summed E-state index contributed by atoms with van der Waals surface area (Å²) in [6, 6.07) is 2.95. The minimum Gasteiger partial charge on any atom is -0.381 e. The van der Waals surface area contributed by atoms with Gasteiger partial charge in [0.15, 0.2) is 0 Å². The molecule has 1 atom stereocenters. The molecule has 0 saturated carbocycles. The minimum atomic E-state index is -0.645. The Balaban J connectivity index is 2.07. The van der Waals surface area contributed by atoms with Gasteiger partial charge < -0.3 is 10.1 Å². The number of nitrogens with one attached hydrogen (secondary N) is 1. The second-order valence-electron chi connectivity index (χ2n) is 3.67. The molecule has 1 unspecified atom stereocenters. The average molecular weight is 227 g/mol. The molecule has 1 aromatic rings. The van der Waals surface area contributed by atoms with E-state index in [4.69, 9.17) is 4.74 Å². The summed E-state index contributed by atoms with van der Waals surface area (Å²) in [5.41, 5.74) is -0.128. The summed E-state index contributed by atoms with van der Waals surface area (Å²) in [6.07, 6.45) is 0.614. The number of carbonyl (C=O) groups excluding carboxylic acids is 1. The molecule has 5 heteroatoms. The second-order valence-corrected chi connectivity index (χ2v) is 3.67. The van der Waals surface area contributed by atoms with Crippen LogP contribution in [0.4, 0.5) is 14.5 Å². The number of halogens is 2. The third-order valence-electron chi connectivity index (χ3n) is 2.49. The molecule has 1 heterocycles. The Bertz CT molecular complexity index is 403. The average Bonchev–Trinajstić information content (AvgIpc) is 2.76. The Hall–Kier alpha value is -1.49. The van der Waals surface area contributed by atoms with Crippen LogP contribution in [0.2, 0.25) is 0 Å². The van der Waals surface area contributed by atoms with E-state index < -0.39 is 11.6 Å². The van der Waals surface area contributed by atoms with E-state index in [0.717, 1.165) is 18.2 Å². The highest BCUT2D eigenvalue weighted by atomic mass is 19.1. The lowest BCUT2D eigenvalue weighted by Crippen LogP contribution is -2.23. The Morgan fingerprint density at radius 3 is 2.94 bits per heavy atom. The zero-order valence-electron chi connectivity index (χ0n) is 8.50. The standard InChI is InChI=1S/C11H11F2NO2/c12-8-1-2-9(13)10(5-8)14-11(15)7-3-4-16-6-7/h1-2,5,7H,3-4,6H2,(H,14,15). The van der Waals surface area contributed by atoms with Gasteiger partial charge in [0, 0.05) is 12.7 Å². The molecule has 1 amide bonds. The molecule has 1 saturated heterocycles. The molecule has 1 aliphatic rings. The van der Waals surface area contributed by atoms with E-state index in [0.29, 0.717) is 19.6 Å². The smallest absolute Gasteiger partial charge is 0.229 e. The van der Waals surface area contributed by atoms with Crippen molar-refractivity contribution >= 4 is 11.6 Å². The molecular formula is C11H11F2NO2. The summed E-state index contributed by atoms with van der Waals surface area (Å²) in [6.45, 7) is 0.868. The summed E-state index contributed by atoms with van der Waals surface area (Å²) >= 11 is 0. The van der Waals surface area contributed by atoms with Crippen molar-refractivity contribution in [3.05, 3.63) is 29.8 Å². The summed E-state index contributed by atoms with van der Waals surface area (Å²) < 4.78 is 31.1. The molecule has 86 valence electrons. The van der Waals surface area contributed by atoms with Gasteiger partial charge in [-0.05, 0) is 18.6 Å². The Kier molecular flexibility index (Phi) is 3.14. The fourth-order valence-corrected chi connectivity index (χ4v) is 1.57. The Labute approximate surface area is 91.4 Å². The van der Waals surface area contributed by atoms with Gasteiger partial charge in [0.25, 0.3) is 0 Å². The fraction of sp³-hybridized carbons (Fsp3) is 0.364. The van der Waals surface area contributed by atoms with E-state index in [1.165, 1.54) is 0 Å². The first-order valence-corrected chi connectivity index (χ1v) is 5.00. The van der Waals surface area contributed by atoms with Crippen LogP contribution >= 0.6 is 0 Å². The topological polar surface area (TPSA) is 38.3 Å². The van der Waals surface area contributed by atoms with Gasteiger partial charge in [0.1, 0.15) is 11.6 Å². The SMILES string of the molecule is O=C(Nc1cc(F)ccc1F)C1CCOC1. The highest BCUT2D eigenvalue weighted by Crippen LogP contribution is 2.19. The van der Waals surface area contributed by atoms with E-state index in [-0.39, 0.29) is 17.5 Å². The summed E-state index contributed by atoms with van der Waals surface area (Å²) in [5.74, 6) is -1.84. The third-order valence-corrected chi connectivity index (χ3v) is 2.49. The predicted octanol–water partition coefficient (Wildman–Crippen LogP) is 1.94. The summed E-state index contributed by atoms with van der Waals surface area (Å²) in [7, 11) is 0. The van der Waals surface area contributed by atoms with Crippen LogP contribution in [0, 0.1) is 17.6 Å². The molecule has 1 aromatic carbocycles. The van der Waals surface area contributed by atoms with E-state index in [1.54, 1.807) is 0 Å². The number of carbonyl (C=O) groups is 1. The van der Waals surface area contributed by atoms with Crippen LogP contribution in [0.25, 0.3) is 0 Å². The first-order valence-electron chi connectivity index (χ1n) is 5.00. The van der Waals surface area contributed by atoms with Crippen molar-refractivity contribution in [3.63, 3.8) is 0 Å². The lowest BCUT2D eigenvalue weighted by atomic mass is 10.1. The van der Waals surface area contributed by atoms with Crippen molar-refractivity contribution < 1.29 is 18.3 Å². The number of benzene rings is 1. The zero-order valence-corrected chi connectivity index (χ0v) is 8.50. The number of hydrogen-bond acceptors (Lipinski definition) is 2. The summed E-state index contributed by atoms with van der Waals surface area (Å²) in [4.78, 5) is 11.6. The number of amides is 1. The monoisotopic (exact) mass is 227 g/mol. The highest BCUT2D eigenvalue weighted by Gasteiger charge is 2.24. The molecule has 0 bridgehead atoms. The quantitative estimate of drug-likeness (QED) is 0.838. The van der Waals surface area contributed by atoms with Crippen molar-refractivity contribution in [2.24, 2.45) is 5.92 Å². The van der Waals surface area contributed by atoms with Gasteiger partial charge in [0.2, 0.25) is 5.91 Å². The fourth-order valence-electron chi connectivity index (χ4n) is 1.57. The van der Waals surface area contributed by atoms with Gasteiger partial charge in [0.05, 0.1) is 18.2 Å². The molecule has 16 heavy (non-hydrogen) atoms. The first kappa shape index (κ1) is 11.0. The van der Waals surface area contributed by atoms with Crippen LogP contribution in [0.15, 0.2) is 18.2 Å². The van der Waals surface area contributed by atoms with Crippen molar-refractivity contribution in [1.29, 1.82) is 0 Å². The Morgan fingerprint density at radius 2 is 2.25 bits per heavy atom. The molecule has 0 spiro atoms. The van der Waals surface area contributed by atoms with Crippen LogP contribution in [-0.2, 0) is 9.53 Å². The second kappa shape index (κ2) is 4.57. The summed E-state index contributed by atoms with van der Waals surface area (Å²) in [5, 5.41) is 2.36. The van der Waals surface area contributed by atoms with E-state index in [2.05, 4.69) is 5.32 Å². The van der Waals surface area contributed by atoms with Gasteiger partial charge in [-0.3, -0.25) is 4.79 Å². The molecule has 1 N–H and O–H groups in total.